The summed E-state index contributed by atoms with van der Waals surface area (Å²) in [6.45, 7) is 1.82. The average molecular weight is 330 g/mol. The average Bonchev–Trinajstić information content (AvgIpc) is 2.82. The number of aromatic carboxylic acids is 1. The van der Waals surface area contributed by atoms with Crippen molar-refractivity contribution in [1.82, 2.24) is 14.9 Å². The number of aryl methyl sites for hydroxylation is 1. The van der Waals surface area contributed by atoms with Crippen LogP contribution in [0.15, 0.2) is 29.3 Å². The molecule has 0 amide bonds. The number of hydrogen-bond acceptors (Lipinski definition) is 4. The zero-order chi connectivity index (χ0) is 15.6. The minimum Gasteiger partial charge on any atom is -0.478 e. The number of aromatic amines is 1. The molecule has 0 aliphatic rings. The number of carboxylic acids is 1. The number of carbonyl (C=O) groups is 1. The fourth-order valence-electron chi connectivity index (χ4n) is 1.65. The number of hydrogen-bond donors (Lipinski definition) is 3. The molecule has 1 aromatic heterocycles. The molecule has 0 aliphatic heterocycles. The molecule has 0 atom stereocenters. The predicted molar refractivity (Wildman–Crippen MR) is 75.8 cm³/mol. The number of carboxylic acid groups (broad SMARTS) is 1. The molecule has 0 saturated carbocycles. The van der Waals surface area contributed by atoms with Crippen molar-refractivity contribution in [2.45, 2.75) is 18.4 Å². The van der Waals surface area contributed by atoms with Crippen LogP contribution in [0.2, 0.25) is 5.02 Å². The van der Waals surface area contributed by atoms with Gasteiger partial charge < -0.3 is 5.11 Å². The van der Waals surface area contributed by atoms with E-state index in [-0.39, 0.29) is 22.0 Å². The number of sulfonamides is 1. The van der Waals surface area contributed by atoms with E-state index in [1.165, 1.54) is 18.3 Å². The first kappa shape index (κ1) is 15.5. The Morgan fingerprint density at radius 2 is 2.19 bits per heavy atom. The zero-order valence-corrected chi connectivity index (χ0v) is 12.5. The van der Waals surface area contributed by atoms with Crippen LogP contribution in [-0.4, -0.2) is 29.7 Å². The van der Waals surface area contributed by atoms with Crippen LogP contribution >= 0.6 is 11.6 Å². The summed E-state index contributed by atoms with van der Waals surface area (Å²) in [5, 5.41) is 15.4. The molecule has 0 unspecified atom stereocenters. The van der Waals surface area contributed by atoms with Crippen molar-refractivity contribution in [1.29, 1.82) is 0 Å². The van der Waals surface area contributed by atoms with Gasteiger partial charge in [0, 0.05) is 17.8 Å². The van der Waals surface area contributed by atoms with Crippen LogP contribution in [0, 0.1) is 6.92 Å². The number of aromatic nitrogens is 2. The zero-order valence-electron chi connectivity index (χ0n) is 10.9. The summed E-state index contributed by atoms with van der Waals surface area (Å²) in [7, 11) is -3.84. The molecule has 1 aromatic carbocycles. The minimum atomic E-state index is -3.84. The maximum Gasteiger partial charge on any atom is 0.337 e. The molecule has 0 fully saturated rings. The molecule has 0 spiro atoms. The third-order valence-corrected chi connectivity index (χ3v) is 4.59. The number of halogens is 1. The molecular weight excluding hydrogens is 318 g/mol. The largest absolute Gasteiger partial charge is 0.478 e. The molecule has 0 radical (unpaired) electrons. The molecule has 9 heteroatoms. The number of nitrogens with zero attached hydrogens (tertiary/aromatic N) is 1. The predicted octanol–water partition coefficient (Wildman–Crippen LogP) is 1.55. The van der Waals surface area contributed by atoms with Crippen LogP contribution in [0.25, 0.3) is 0 Å². The molecule has 21 heavy (non-hydrogen) atoms. The van der Waals surface area contributed by atoms with Crippen LogP contribution in [-0.2, 0) is 16.6 Å². The number of rotatable bonds is 5. The fraction of sp³-hybridized carbons (Fsp3) is 0.167. The van der Waals surface area contributed by atoms with Gasteiger partial charge in [0.05, 0.1) is 21.7 Å². The van der Waals surface area contributed by atoms with Gasteiger partial charge >= 0.3 is 5.97 Å². The first-order chi connectivity index (χ1) is 9.81. The van der Waals surface area contributed by atoms with Crippen molar-refractivity contribution in [2.75, 3.05) is 0 Å². The van der Waals surface area contributed by atoms with Gasteiger partial charge in [-0.05, 0) is 25.1 Å². The van der Waals surface area contributed by atoms with Gasteiger partial charge in [-0.2, -0.15) is 5.10 Å². The Morgan fingerprint density at radius 1 is 1.48 bits per heavy atom. The molecule has 7 nitrogen and oxygen atoms in total. The summed E-state index contributed by atoms with van der Waals surface area (Å²) >= 11 is 5.71. The second-order valence-electron chi connectivity index (χ2n) is 4.29. The van der Waals surface area contributed by atoms with Gasteiger partial charge in [0.2, 0.25) is 10.0 Å². The highest BCUT2D eigenvalue weighted by atomic mass is 35.5. The monoisotopic (exact) mass is 329 g/mol. The van der Waals surface area contributed by atoms with Crippen molar-refractivity contribution in [3.8, 4) is 0 Å². The van der Waals surface area contributed by atoms with E-state index >= 15 is 0 Å². The summed E-state index contributed by atoms with van der Waals surface area (Å²) in [5.74, 6) is -1.29. The molecule has 1 heterocycles. The van der Waals surface area contributed by atoms with Gasteiger partial charge in [0.25, 0.3) is 0 Å². The Morgan fingerprint density at radius 3 is 2.76 bits per heavy atom. The van der Waals surface area contributed by atoms with E-state index < -0.39 is 16.0 Å². The maximum absolute atomic E-state index is 12.1. The second kappa shape index (κ2) is 5.84. The lowest BCUT2D eigenvalue weighted by Crippen LogP contribution is -2.23. The van der Waals surface area contributed by atoms with Crippen LogP contribution < -0.4 is 4.72 Å². The molecule has 0 saturated heterocycles. The highest BCUT2D eigenvalue weighted by Gasteiger charge is 2.18. The third kappa shape index (κ3) is 3.41. The second-order valence-corrected chi connectivity index (χ2v) is 6.47. The third-order valence-electron chi connectivity index (χ3n) is 2.87. The van der Waals surface area contributed by atoms with Gasteiger partial charge in [-0.1, -0.05) is 11.6 Å². The van der Waals surface area contributed by atoms with Gasteiger partial charge in [0.1, 0.15) is 0 Å². The number of benzene rings is 1. The summed E-state index contributed by atoms with van der Waals surface area (Å²) < 4.78 is 26.7. The molecular formula is C12H12ClN3O4S. The number of nitrogens with one attached hydrogen (secondary N) is 2. The maximum atomic E-state index is 12.1. The molecule has 112 valence electrons. The van der Waals surface area contributed by atoms with E-state index in [1.54, 1.807) is 6.92 Å². The molecule has 2 aromatic rings. The smallest absolute Gasteiger partial charge is 0.337 e. The van der Waals surface area contributed by atoms with E-state index in [0.717, 1.165) is 11.8 Å². The highest BCUT2D eigenvalue weighted by Crippen LogP contribution is 2.20. The van der Waals surface area contributed by atoms with Gasteiger partial charge in [-0.15, -0.1) is 0 Å². The first-order valence-corrected chi connectivity index (χ1v) is 7.69. The normalized spacial score (nSPS) is 11.5. The van der Waals surface area contributed by atoms with E-state index in [9.17, 15) is 13.2 Å². The molecule has 3 N–H and O–H groups in total. The molecule has 0 aliphatic carbocycles. The lowest BCUT2D eigenvalue weighted by atomic mass is 10.2. The number of H-pyrrole nitrogens is 1. The van der Waals surface area contributed by atoms with Crippen molar-refractivity contribution in [3.05, 3.63) is 46.2 Å². The molecule has 2 rings (SSSR count). The lowest BCUT2D eigenvalue weighted by molar-refractivity contribution is 0.0697. The van der Waals surface area contributed by atoms with Crippen LogP contribution in [0.1, 0.15) is 21.6 Å². The van der Waals surface area contributed by atoms with E-state index in [2.05, 4.69) is 14.9 Å². The Labute approximate surface area is 126 Å². The minimum absolute atomic E-state index is 0.0212. The Bertz CT molecular complexity index is 786. The van der Waals surface area contributed by atoms with E-state index in [1.807, 2.05) is 0 Å². The quantitative estimate of drug-likeness (QED) is 0.770. The summed E-state index contributed by atoms with van der Waals surface area (Å²) in [6, 6.07) is 3.51. The van der Waals surface area contributed by atoms with Crippen LogP contribution in [0.5, 0.6) is 0 Å². The van der Waals surface area contributed by atoms with Gasteiger partial charge in [0.15, 0.2) is 0 Å². The fourth-order valence-corrected chi connectivity index (χ4v) is 2.88. The van der Waals surface area contributed by atoms with Crippen molar-refractivity contribution in [3.63, 3.8) is 0 Å². The topological polar surface area (TPSA) is 112 Å². The van der Waals surface area contributed by atoms with Crippen molar-refractivity contribution in [2.24, 2.45) is 0 Å². The van der Waals surface area contributed by atoms with Crippen molar-refractivity contribution >= 4 is 27.6 Å². The SMILES string of the molecule is Cc1[nH]ncc1CNS(=O)(=O)c1ccc(Cl)c(C(=O)O)c1. The van der Waals surface area contributed by atoms with Crippen LogP contribution in [0.4, 0.5) is 0 Å². The van der Waals surface area contributed by atoms with Gasteiger partial charge in [-0.3, -0.25) is 5.10 Å². The standard InChI is InChI=1S/C12H12ClN3O4S/c1-7-8(5-14-16-7)6-15-21(19,20)9-2-3-11(13)10(4-9)12(17)18/h2-5,15H,6H2,1H3,(H,14,16)(H,17,18). The van der Waals surface area contributed by atoms with E-state index in [0.29, 0.717) is 5.56 Å². The Kier molecular flexibility index (Phi) is 4.31. The van der Waals surface area contributed by atoms with Crippen molar-refractivity contribution < 1.29 is 18.3 Å². The molecule has 0 bridgehead atoms. The summed E-state index contributed by atoms with van der Waals surface area (Å²) in [5.41, 5.74) is 1.19. The highest BCUT2D eigenvalue weighted by molar-refractivity contribution is 7.89. The van der Waals surface area contributed by atoms with Gasteiger partial charge in [-0.25, -0.2) is 17.9 Å². The van der Waals surface area contributed by atoms with Crippen LogP contribution in [0.3, 0.4) is 0 Å². The first-order valence-electron chi connectivity index (χ1n) is 5.82. The Hall–Kier alpha value is -1.90. The summed E-state index contributed by atoms with van der Waals surface area (Å²) in [6.07, 6.45) is 1.52. The summed E-state index contributed by atoms with van der Waals surface area (Å²) in [4.78, 5) is 10.8. The Balaban J connectivity index is 2.26. The van der Waals surface area contributed by atoms with E-state index in [4.69, 9.17) is 16.7 Å². The lowest BCUT2D eigenvalue weighted by Gasteiger charge is -2.08.